The van der Waals surface area contributed by atoms with Crippen LogP contribution >= 0.6 is 0 Å². The van der Waals surface area contributed by atoms with Gasteiger partial charge in [0, 0.05) is 25.7 Å². The minimum Gasteiger partial charge on any atom is -0.493 e. The Kier molecular flexibility index (Phi) is 5.80. The fourth-order valence-electron chi connectivity index (χ4n) is 2.91. The van der Waals surface area contributed by atoms with E-state index in [0.29, 0.717) is 23.5 Å². The van der Waals surface area contributed by atoms with E-state index in [-0.39, 0.29) is 6.04 Å². The number of rotatable bonds is 6. The van der Waals surface area contributed by atoms with E-state index >= 15 is 0 Å². The van der Waals surface area contributed by atoms with Crippen molar-refractivity contribution < 1.29 is 14.3 Å². The minimum atomic E-state index is -0.247. The quantitative estimate of drug-likeness (QED) is 0.813. The molecule has 2 rings (SSSR count). The Hall–Kier alpha value is -1.59. The summed E-state index contributed by atoms with van der Waals surface area (Å²) in [6.45, 7) is 7.04. The summed E-state index contributed by atoms with van der Waals surface area (Å²) in [5, 5.41) is 3.52. The number of nitrogens with zero attached hydrogens (tertiary/aromatic N) is 1. The molecule has 0 amide bonds. The van der Waals surface area contributed by atoms with E-state index in [0.717, 1.165) is 31.5 Å². The van der Waals surface area contributed by atoms with E-state index < -0.39 is 0 Å². The number of carbonyl (C=O) groups is 1. The predicted octanol–water partition coefficient (Wildman–Crippen LogP) is 1.87. The van der Waals surface area contributed by atoms with Crippen molar-refractivity contribution in [2.24, 2.45) is 5.92 Å². The highest BCUT2D eigenvalue weighted by atomic mass is 16.5. The molecule has 1 aliphatic heterocycles. The molecule has 1 heterocycles. The van der Waals surface area contributed by atoms with Crippen molar-refractivity contribution in [2.45, 2.75) is 25.9 Å². The van der Waals surface area contributed by atoms with Gasteiger partial charge in [0.25, 0.3) is 0 Å². The molecule has 1 saturated heterocycles. The smallest absolute Gasteiger partial charge is 0.161 e. The van der Waals surface area contributed by atoms with E-state index in [9.17, 15) is 4.79 Å². The van der Waals surface area contributed by atoms with Crippen molar-refractivity contribution in [2.75, 3.05) is 33.9 Å². The van der Waals surface area contributed by atoms with Gasteiger partial charge in [0.1, 0.15) is 6.29 Å². The Labute approximate surface area is 132 Å². The molecule has 0 aromatic heterocycles. The van der Waals surface area contributed by atoms with Gasteiger partial charge in [0.05, 0.1) is 20.3 Å². The van der Waals surface area contributed by atoms with Crippen LogP contribution in [0, 0.1) is 5.92 Å². The van der Waals surface area contributed by atoms with Gasteiger partial charge in [-0.3, -0.25) is 4.90 Å². The first-order chi connectivity index (χ1) is 10.6. The number of piperazine rings is 1. The van der Waals surface area contributed by atoms with Crippen LogP contribution in [0.2, 0.25) is 0 Å². The second-order valence-electron chi connectivity index (χ2n) is 5.99. The molecule has 22 heavy (non-hydrogen) atoms. The molecule has 0 aliphatic carbocycles. The van der Waals surface area contributed by atoms with Crippen LogP contribution in [0.5, 0.6) is 11.5 Å². The van der Waals surface area contributed by atoms with Crippen LogP contribution in [0.1, 0.15) is 25.5 Å². The first-order valence-corrected chi connectivity index (χ1v) is 7.75. The highest BCUT2D eigenvalue weighted by Gasteiger charge is 2.28. The van der Waals surface area contributed by atoms with Gasteiger partial charge in [-0.15, -0.1) is 0 Å². The van der Waals surface area contributed by atoms with Gasteiger partial charge in [-0.1, -0.05) is 19.9 Å². The molecule has 0 saturated carbocycles. The molecule has 0 spiro atoms. The SMILES string of the molecule is COc1ccc([C@@H](C=O)N2CCNC(C(C)C)C2)cc1OC. The second-order valence-corrected chi connectivity index (χ2v) is 5.99. The minimum absolute atomic E-state index is 0.247. The Bertz CT molecular complexity index is 505. The standard InChI is InChI=1S/C17H26N2O3/c1-12(2)14-10-19(8-7-18-14)15(11-20)13-5-6-16(21-3)17(9-13)22-4/h5-6,9,11-12,14-15,18H,7-8,10H2,1-4H3/t14?,15-/m1/s1. The Morgan fingerprint density at radius 2 is 2.00 bits per heavy atom. The molecule has 122 valence electrons. The Morgan fingerprint density at radius 3 is 2.59 bits per heavy atom. The third-order valence-electron chi connectivity index (χ3n) is 4.31. The molecule has 1 unspecified atom stereocenters. The molecule has 5 nitrogen and oxygen atoms in total. The number of hydrogen-bond acceptors (Lipinski definition) is 5. The topological polar surface area (TPSA) is 50.8 Å². The zero-order chi connectivity index (χ0) is 16.1. The normalized spacial score (nSPS) is 20.7. The number of nitrogens with one attached hydrogen (secondary N) is 1. The van der Waals surface area contributed by atoms with Gasteiger partial charge in [0.15, 0.2) is 11.5 Å². The lowest BCUT2D eigenvalue weighted by Gasteiger charge is -2.38. The molecular formula is C17H26N2O3. The van der Waals surface area contributed by atoms with Crippen molar-refractivity contribution in [3.63, 3.8) is 0 Å². The summed E-state index contributed by atoms with van der Waals surface area (Å²) in [5.74, 6) is 1.87. The van der Waals surface area contributed by atoms with Crippen LogP contribution in [0.25, 0.3) is 0 Å². The Balaban J connectivity index is 2.22. The molecule has 5 heteroatoms. The maximum absolute atomic E-state index is 11.7. The average Bonchev–Trinajstić information content (AvgIpc) is 2.55. The molecular weight excluding hydrogens is 280 g/mol. The molecule has 2 atom stereocenters. The van der Waals surface area contributed by atoms with Gasteiger partial charge in [0.2, 0.25) is 0 Å². The van der Waals surface area contributed by atoms with Crippen LogP contribution in [-0.2, 0) is 4.79 Å². The summed E-state index contributed by atoms with van der Waals surface area (Å²) in [6, 6.07) is 5.85. The first-order valence-electron chi connectivity index (χ1n) is 7.75. The van der Waals surface area contributed by atoms with Crippen molar-refractivity contribution in [3.8, 4) is 11.5 Å². The number of methoxy groups -OCH3 is 2. The fourth-order valence-corrected chi connectivity index (χ4v) is 2.91. The first kappa shape index (κ1) is 16.8. The number of hydrogen-bond donors (Lipinski definition) is 1. The van der Waals surface area contributed by atoms with E-state index in [4.69, 9.17) is 9.47 Å². The van der Waals surface area contributed by atoms with E-state index in [2.05, 4.69) is 24.1 Å². The number of ether oxygens (including phenoxy) is 2. The zero-order valence-corrected chi connectivity index (χ0v) is 13.8. The molecule has 0 bridgehead atoms. The molecule has 1 N–H and O–H groups in total. The van der Waals surface area contributed by atoms with Gasteiger partial charge in [-0.05, 0) is 23.6 Å². The van der Waals surface area contributed by atoms with Crippen LogP contribution in [0.4, 0.5) is 0 Å². The van der Waals surface area contributed by atoms with Gasteiger partial charge in [-0.2, -0.15) is 0 Å². The summed E-state index contributed by atoms with van der Waals surface area (Å²) in [5.41, 5.74) is 0.942. The maximum Gasteiger partial charge on any atom is 0.161 e. The Morgan fingerprint density at radius 1 is 1.27 bits per heavy atom. The largest absolute Gasteiger partial charge is 0.493 e. The summed E-state index contributed by atoms with van der Waals surface area (Å²) in [4.78, 5) is 13.9. The molecule has 1 fully saturated rings. The van der Waals surface area contributed by atoms with Crippen molar-refractivity contribution in [1.29, 1.82) is 0 Å². The molecule has 1 aromatic rings. The predicted molar refractivity (Wildman–Crippen MR) is 86.6 cm³/mol. The van der Waals surface area contributed by atoms with Crippen LogP contribution < -0.4 is 14.8 Å². The summed E-state index contributed by atoms with van der Waals surface area (Å²) < 4.78 is 10.6. The molecule has 1 aromatic carbocycles. The molecule has 1 aliphatic rings. The van der Waals surface area contributed by atoms with E-state index in [1.54, 1.807) is 14.2 Å². The summed E-state index contributed by atoms with van der Waals surface area (Å²) >= 11 is 0. The third-order valence-corrected chi connectivity index (χ3v) is 4.31. The molecule has 0 radical (unpaired) electrons. The zero-order valence-electron chi connectivity index (χ0n) is 13.8. The lowest BCUT2D eigenvalue weighted by Crippen LogP contribution is -2.53. The number of aldehydes is 1. The maximum atomic E-state index is 11.7. The van der Waals surface area contributed by atoms with Gasteiger partial charge >= 0.3 is 0 Å². The van der Waals surface area contributed by atoms with Crippen LogP contribution in [-0.4, -0.2) is 51.1 Å². The van der Waals surface area contributed by atoms with E-state index in [1.165, 1.54) is 0 Å². The monoisotopic (exact) mass is 306 g/mol. The lowest BCUT2D eigenvalue weighted by atomic mass is 9.98. The van der Waals surface area contributed by atoms with Crippen molar-refractivity contribution in [3.05, 3.63) is 23.8 Å². The summed E-state index contributed by atoms with van der Waals surface area (Å²) in [6.07, 6.45) is 1.02. The van der Waals surface area contributed by atoms with Crippen molar-refractivity contribution in [1.82, 2.24) is 10.2 Å². The highest BCUT2D eigenvalue weighted by molar-refractivity contribution is 5.63. The van der Waals surface area contributed by atoms with Gasteiger partial charge < -0.3 is 19.6 Å². The van der Waals surface area contributed by atoms with Gasteiger partial charge in [-0.25, -0.2) is 0 Å². The second kappa shape index (κ2) is 7.61. The number of benzene rings is 1. The highest BCUT2D eigenvalue weighted by Crippen LogP contribution is 2.31. The number of carbonyl (C=O) groups excluding carboxylic acids is 1. The lowest BCUT2D eigenvalue weighted by molar-refractivity contribution is -0.113. The fraction of sp³-hybridized carbons (Fsp3) is 0.588. The van der Waals surface area contributed by atoms with Crippen LogP contribution in [0.3, 0.4) is 0 Å². The van der Waals surface area contributed by atoms with E-state index in [1.807, 2.05) is 18.2 Å². The third kappa shape index (κ3) is 3.59. The van der Waals surface area contributed by atoms with Crippen LogP contribution in [0.15, 0.2) is 18.2 Å². The van der Waals surface area contributed by atoms with Crippen molar-refractivity contribution >= 4 is 6.29 Å². The summed E-state index contributed by atoms with van der Waals surface area (Å²) in [7, 11) is 3.22. The average molecular weight is 306 g/mol.